The molecule has 1 heterocycles. The summed E-state index contributed by atoms with van der Waals surface area (Å²) in [7, 11) is 0. The van der Waals surface area contributed by atoms with E-state index in [1.807, 2.05) is 13.8 Å². The molecule has 0 spiro atoms. The van der Waals surface area contributed by atoms with Crippen molar-refractivity contribution in [3.05, 3.63) is 22.0 Å². The Morgan fingerprint density at radius 3 is 2.65 bits per heavy atom. The van der Waals surface area contributed by atoms with E-state index >= 15 is 0 Å². The number of esters is 1. The Hall–Kier alpha value is -1.92. The van der Waals surface area contributed by atoms with Crippen LogP contribution >= 0.6 is 0 Å². The summed E-state index contributed by atoms with van der Waals surface area (Å²) in [6.07, 6.45) is 4.22. The van der Waals surface area contributed by atoms with E-state index in [0.717, 1.165) is 12.8 Å². The summed E-state index contributed by atoms with van der Waals surface area (Å²) < 4.78 is 5.16. The number of imidazole rings is 1. The summed E-state index contributed by atoms with van der Waals surface area (Å²) >= 11 is 0. The first-order valence-corrected chi connectivity index (χ1v) is 6.88. The molecule has 1 atom stereocenters. The fraction of sp³-hybridized carbons (Fsp3) is 0.692. The highest BCUT2D eigenvalue weighted by molar-refractivity contribution is 5.82. The number of hydrogen-bond donors (Lipinski definition) is 1. The van der Waals surface area contributed by atoms with E-state index in [-0.39, 0.29) is 18.5 Å². The molecule has 1 aromatic heterocycles. The SMILES string of the molecule is CCCCC(CC)(C(=O)OCC)c1cnc([N+](=O)[O-])[nH]1. The van der Waals surface area contributed by atoms with Crippen LogP contribution in [0.15, 0.2) is 6.20 Å². The smallest absolute Gasteiger partial charge is 0.432 e. The molecule has 0 amide bonds. The van der Waals surface area contributed by atoms with Gasteiger partial charge in [-0.2, -0.15) is 0 Å². The largest absolute Gasteiger partial charge is 0.465 e. The van der Waals surface area contributed by atoms with Crippen LogP contribution in [-0.2, 0) is 14.9 Å². The van der Waals surface area contributed by atoms with Crippen molar-refractivity contribution in [3.63, 3.8) is 0 Å². The van der Waals surface area contributed by atoms with E-state index in [4.69, 9.17) is 4.74 Å². The van der Waals surface area contributed by atoms with E-state index < -0.39 is 10.3 Å². The highest BCUT2D eigenvalue weighted by Gasteiger charge is 2.43. The number of hydrogen-bond acceptors (Lipinski definition) is 5. The molecule has 0 aliphatic carbocycles. The maximum Gasteiger partial charge on any atom is 0.432 e. The van der Waals surface area contributed by atoms with E-state index in [1.54, 1.807) is 6.92 Å². The number of rotatable bonds is 8. The van der Waals surface area contributed by atoms with Crippen molar-refractivity contribution in [2.75, 3.05) is 6.61 Å². The molecule has 7 heteroatoms. The second-order valence-corrected chi connectivity index (χ2v) is 4.64. The van der Waals surface area contributed by atoms with E-state index in [9.17, 15) is 14.9 Å². The summed E-state index contributed by atoms with van der Waals surface area (Å²) in [6, 6.07) is 0. The van der Waals surface area contributed by atoms with Crippen molar-refractivity contribution in [1.82, 2.24) is 9.97 Å². The minimum absolute atomic E-state index is 0.281. The lowest BCUT2D eigenvalue weighted by molar-refractivity contribution is -0.393. The average molecular weight is 283 g/mol. The van der Waals surface area contributed by atoms with Gasteiger partial charge in [-0.1, -0.05) is 31.7 Å². The zero-order valence-electron chi connectivity index (χ0n) is 12.1. The fourth-order valence-electron chi connectivity index (χ4n) is 2.25. The summed E-state index contributed by atoms with van der Waals surface area (Å²) in [6.45, 7) is 5.93. The van der Waals surface area contributed by atoms with Gasteiger partial charge in [0.05, 0.1) is 6.61 Å². The van der Waals surface area contributed by atoms with Crippen LogP contribution in [0.3, 0.4) is 0 Å². The van der Waals surface area contributed by atoms with Gasteiger partial charge in [0.2, 0.25) is 0 Å². The van der Waals surface area contributed by atoms with Gasteiger partial charge in [0.25, 0.3) is 0 Å². The lowest BCUT2D eigenvalue weighted by atomic mass is 9.77. The average Bonchev–Trinajstić information content (AvgIpc) is 2.91. The van der Waals surface area contributed by atoms with Gasteiger partial charge < -0.3 is 14.9 Å². The molecule has 0 aliphatic heterocycles. The van der Waals surface area contributed by atoms with Crippen molar-refractivity contribution in [3.8, 4) is 0 Å². The fourth-order valence-corrected chi connectivity index (χ4v) is 2.25. The van der Waals surface area contributed by atoms with Crippen LogP contribution in [0, 0.1) is 10.1 Å². The highest BCUT2D eigenvalue weighted by atomic mass is 16.6. The van der Waals surface area contributed by atoms with Crippen LogP contribution in [0.2, 0.25) is 0 Å². The quantitative estimate of drug-likeness (QED) is 0.449. The number of H-pyrrole nitrogens is 1. The van der Waals surface area contributed by atoms with Crippen LogP contribution in [0.25, 0.3) is 0 Å². The zero-order chi connectivity index (χ0) is 15.2. The summed E-state index contributed by atoms with van der Waals surface area (Å²) in [5, 5.41) is 10.7. The molecule has 0 bridgehead atoms. The molecule has 112 valence electrons. The van der Waals surface area contributed by atoms with Crippen molar-refractivity contribution >= 4 is 11.9 Å². The Labute approximate surface area is 117 Å². The Morgan fingerprint density at radius 1 is 1.50 bits per heavy atom. The summed E-state index contributed by atoms with van der Waals surface area (Å²) in [4.78, 5) is 28.8. The number of aromatic amines is 1. The Balaban J connectivity index is 3.18. The number of nitrogens with zero attached hydrogens (tertiary/aromatic N) is 2. The van der Waals surface area contributed by atoms with E-state index in [1.165, 1.54) is 6.20 Å². The van der Waals surface area contributed by atoms with Gasteiger partial charge in [-0.15, -0.1) is 0 Å². The third kappa shape index (κ3) is 3.15. The number of unbranched alkanes of at least 4 members (excludes halogenated alkanes) is 1. The highest BCUT2D eigenvalue weighted by Crippen LogP contribution is 2.34. The molecule has 1 unspecified atom stereocenters. The molecule has 0 aromatic carbocycles. The van der Waals surface area contributed by atoms with Gasteiger partial charge in [-0.25, -0.2) is 4.98 Å². The van der Waals surface area contributed by atoms with Crippen molar-refractivity contribution in [2.45, 2.75) is 51.9 Å². The van der Waals surface area contributed by atoms with E-state index in [0.29, 0.717) is 18.5 Å². The van der Waals surface area contributed by atoms with Crippen LogP contribution in [-0.4, -0.2) is 27.5 Å². The number of ether oxygens (including phenoxy) is 1. The molecule has 0 saturated heterocycles. The topological polar surface area (TPSA) is 98.1 Å². The van der Waals surface area contributed by atoms with E-state index in [2.05, 4.69) is 9.97 Å². The van der Waals surface area contributed by atoms with Crippen molar-refractivity contribution in [1.29, 1.82) is 0 Å². The number of carbonyl (C=O) groups excluding carboxylic acids is 1. The molecule has 7 nitrogen and oxygen atoms in total. The maximum atomic E-state index is 12.3. The van der Waals surface area contributed by atoms with Gasteiger partial charge in [0, 0.05) is 0 Å². The molecular weight excluding hydrogens is 262 g/mol. The second-order valence-electron chi connectivity index (χ2n) is 4.64. The Bertz CT molecular complexity index is 472. The molecular formula is C13H21N3O4. The first-order chi connectivity index (χ1) is 9.51. The summed E-state index contributed by atoms with van der Waals surface area (Å²) in [5.74, 6) is -0.701. The molecule has 0 aliphatic rings. The second kappa shape index (κ2) is 7.02. The lowest BCUT2D eigenvalue weighted by Gasteiger charge is -2.27. The van der Waals surface area contributed by atoms with Crippen molar-refractivity contribution < 1.29 is 14.5 Å². The number of carbonyl (C=O) groups is 1. The van der Waals surface area contributed by atoms with Gasteiger partial charge in [0.15, 0.2) is 0 Å². The van der Waals surface area contributed by atoms with Crippen LogP contribution in [0.1, 0.15) is 52.1 Å². The summed E-state index contributed by atoms with van der Waals surface area (Å²) in [5.41, 5.74) is -0.425. The predicted octanol–water partition coefficient (Wildman–Crippen LogP) is 2.72. The number of aromatic nitrogens is 2. The lowest BCUT2D eigenvalue weighted by Crippen LogP contribution is -2.37. The molecule has 0 saturated carbocycles. The molecule has 1 rings (SSSR count). The van der Waals surface area contributed by atoms with Gasteiger partial charge in [-0.05, 0) is 24.7 Å². The van der Waals surface area contributed by atoms with Crippen LogP contribution in [0.4, 0.5) is 5.95 Å². The van der Waals surface area contributed by atoms with Gasteiger partial charge >= 0.3 is 11.9 Å². The molecule has 1 aromatic rings. The molecule has 20 heavy (non-hydrogen) atoms. The molecule has 0 radical (unpaired) electrons. The van der Waals surface area contributed by atoms with Gasteiger partial charge in [0.1, 0.15) is 17.3 Å². The normalized spacial score (nSPS) is 13.8. The first-order valence-electron chi connectivity index (χ1n) is 6.88. The maximum absolute atomic E-state index is 12.3. The van der Waals surface area contributed by atoms with Crippen LogP contribution < -0.4 is 0 Å². The third-order valence-corrected chi connectivity index (χ3v) is 3.48. The number of nitrogens with one attached hydrogen (secondary N) is 1. The zero-order valence-corrected chi connectivity index (χ0v) is 12.1. The number of nitro groups is 1. The Morgan fingerprint density at radius 2 is 2.20 bits per heavy atom. The predicted molar refractivity (Wildman–Crippen MR) is 73.4 cm³/mol. The Kier molecular flexibility index (Phi) is 5.66. The molecule has 1 N–H and O–H groups in total. The van der Waals surface area contributed by atoms with Gasteiger partial charge in [-0.3, -0.25) is 4.79 Å². The minimum atomic E-state index is -0.882. The minimum Gasteiger partial charge on any atom is -0.465 e. The van der Waals surface area contributed by atoms with Crippen molar-refractivity contribution in [2.24, 2.45) is 0 Å². The molecule has 0 fully saturated rings. The van der Waals surface area contributed by atoms with Crippen LogP contribution in [0.5, 0.6) is 0 Å². The standard InChI is InChI=1S/C13H21N3O4/c1-4-7-8-13(5-2,11(17)20-6-3)10-9-14-12(15-10)16(18)19/h9H,4-8H2,1-3H3,(H,14,15). The first kappa shape index (κ1) is 16.1. The third-order valence-electron chi connectivity index (χ3n) is 3.48. The monoisotopic (exact) mass is 283 g/mol.